The van der Waals surface area contributed by atoms with Gasteiger partial charge >= 0.3 is 29.8 Å². The van der Waals surface area contributed by atoms with Gasteiger partial charge in [-0.25, -0.2) is 4.79 Å². The normalized spacial score (nSPS) is 20.4. The smallest absolute Gasteiger partial charge is 0.333 e. The van der Waals surface area contributed by atoms with Gasteiger partial charge in [0.15, 0.2) is 30.6 Å². The summed E-state index contributed by atoms with van der Waals surface area (Å²) in [4.78, 5) is 66.9. The van der Waals surface area contributed by atoms with Crippen molar-refractivity contribution in [3.8, 4) is 0 Å². The van der Waals surface area contributed by atoms with Crippen LogP contribution in [0, 0.1) is 0 Å². The average molecular weight is 690 g/mol. The number of carbonyl (C=O) groups is 5. The van der Waals surface area contributed by atoms with E-state index in [0.717, 1.165) is 26.3 Å². The fourth-order valence-electron chi connectivity index (χ4n) is 5.16. The highest BCUT2D eigenvalue weighted by molar-refractivity contribution is 6.13. The number of aliphatic imine (C=N–C) groups is 1. The molecule has 4 rings (SSSR count). The Hall–Kier alpha value is -5.40. The van der Waals surface area contributed by atoms with Crippen molar-refractivity contribution in [1.29, 1.82) is 0 Å². The third-order valence-corrected chi connectivity index (χ3v) is 7.24. The standard InChI is InChI=1S/C37H39NO12/c1-23(39)44-22-31-33(47-24(2)40)34(48-25(3)41)35(49-26(4)42)37(50-31)46-21-30(36(43)45-20-27-14-8-5-9-15-27)38-32(28-16-10-6-11-17-28)29-18-12-7-13-19-29/h5-19,30-31,33-35,37H,20-22H2,1-4H3/t30-,31+,33+,34-,35+,37-/m0/s1. The maximum atomic E-state index is 13.8. The second-order valence-corrected chi connectivity index (χ2v) is 11.2. The van der Waals surface area contributed by atoms with Crippen LogP contribution in [-0.2, 0) is 63.7 Å². The molecule has 1 aliphatic rings. The fourth-order valence-corrected chi connectivity index (χ4v) is 5.16. The lowest BCUT2D eigenvalue weighted by Gasteiger charge is -2.44. The number of carbonyl (C=O) groups excluding carboxylic acids is 5. The number of benzene rings is 3. The van der Waals surface area contributed by atoms with E-state index >= 15 is 0 Å². The molecule has 6 atom stereocenters. The van der Waals surface area contributed by atoms with E-state index in [4.69, 9.17) is 38.2 Å². The van der Waals surface area contributed by atoms with Crippen LogP contribution in [0.1, 0.15) is 44.4 Å². The number of ether oxygens (including phenoxy) is 7. The second kappa shape index (κ2) is 18.4. The van der Waals surface area contributed by atoms with Crippen molar-refractivity contribution in [2.45, 2.75) is 71.0 Å². The lowest BCUT2D eigenvalue weighted by molar-refractivity contribution is -0.308. The average Bonchev–Trinajstić information content (AvgIpc) is 3.09. The number of hydrogen-bond acceptors (Lipinski definition) is 13. The minimum atomic E-state index is -1.52. The van der Waals surface area contributed by atoms with E-state index in [1.165, 1.54) is 6.92 Å². The zero-order valence-corrected chi connectivity index (χ0v) is 28.1. The van der Waals surface area contributed by atoms with Gasteiger partial charge < -0.3 is 33.2 Å². The Morgan fingerprint density at radius 2 is 1.14 bits per heavy atom. The summed E-state index contributed by atoms with van der Waals surface area (Å²) < 4.78 is 39.4. The molecule has 1 saturated heterocycles. The predicted octanol–water partition coefficient (Wildman–Crippen LogP) is 3.74. The Morgan fingerprint density at radius 3 is 1.66 bits per heavy atom. The Bertz CT molecular complexity index is 1590. The minimum absolute atomic E-state index is 0.0449. The Morgan fingerprint density at radius 1 is 0.640 bits per heavy atom. The van der Waals surface area contributed by atoms with Crippen LogP contribution in [-0.4, -0.2) is 85.5 Å². The molecule has 3 aromatic carbocycles. The maximum Gasteiger partial charge on any atom is 0.333 e. The topological polar surface area (TPSA) is 162 Å². The summed E-state index contributed by atoms with van der Waals surface area (Å²) >= 11 is 0. The molecule has 50 heavy (non-hydrogen) atoms. The van der Waals surface area contributed by atoms with Gasteiger partial charge in [-0.1, -0.05) is 91.0 Å². The molecule has 0 amide bonds. The second-order valence-electron chi connectivity index (χ2n) is 11.2. The van der Waals surface area contributed by atoms with Crippen LogP contribution in [0.3, 0.4) is 0 Å². The van der Waals surface area contributed by atoms with E-state index in [1.54, 1.807) is 12.1 Å². The summed E-state index contributed by atoms with van der Waals surface area (Å²) in [6, 6.07) is 26.2. The van der Waals surface area contributed by atoms with Crippen LogP contribution >= 0.6 is 0 Å². The molecule has 1 fully saturated rings. The van der Waals surface area contributed by atoms with Crippen molar-refractivity contribution in [2.75, 3.05) is 13.2 Å². The van der Waals surface area contributed by atoms with Crippen LogP contribution in [0.2, 0.25) is 0 Å². The van der Waals surface area contributed by atoms with Crippen LogP contribution in [0.4, 0.5) is 0 Å². The lowest BCUT2D eigenvalue weighted by Crippen LogP contribution is -2.63. The Labute approximate surface area is 289 Å². The quantitative estimate of drug-likeness (QED) is 0.137. The van der Waals surface area contributed by atoms with Gasteiger partial charge in [-0.05, 0) is 5.56 Å². The first kappa shape index (κ1) is 37.4. The van der Waals surface area contributed by atoms with Gasteiger partial charge in [0, 0.05) is 38.8 Å². The minimum Gasteiger partial charge on any atom is -0.463 e. The van der Waals surface area contributed by atoms with Crippen molar-refractivity contribution < 1.29 is 57.1 Å². The van der Waals surface area contributed by atoms with Crippen molar-refractivity contribution in [1.82, 2.24) is 0 Å². The SMILES string of the molecule is CC(=O)OC[C@H]1O[C@H](OC[C@H](N=C(c2ccccc2)c2ccccc2)C(=O)OCc2ccccc2)[C@H](OC(C)=O)[C@@H](OC(C)=O)[C@@H]1OC(C)=O. The predicted molar refractivity (Wildman–Crippen MR) is 176 cm³/mol. The van der Waals surface area contributed by atoms with E-state index in [-0.39, 0.29) is 6.61 Å². The van der Waals surface area contributed by atoms with E-state index in [9.17, 15) is 24.0 Å². The summed E-state index contributed by atoms with van der Waals surface area (Å²) in [5.41, 5.74) is 2.65. The highest BCUT2D eigenvalue weighted by atomic mass is 16.7. The Kier molecular flexibility index (Phi) is 13.8. The summed E-state index contributed by atoms with van der Waals surface area (Å²) in [5.74, 6) is -3.75. The van der Waals surface area contributed by atoms with E-state index in [0.29, 0.717) is 16.8 Å². The molecular formula is C37H39NO12. The van der Waals surface area contributed by atoms with Crippen molar-refractivity contribution >= 4 is 35.6 Å². The highest BCUT2D eigenvalue weighted by Gasteiger charge is 2.53. The summed E-state index contributed by atoms with van der Waals surface area (Å²) in [5, 5.41) is 0. The third kappa shape index (κ3) is 11.1. The molecule has 1 heterocycles. The van der Waals surface area contributed by atoms with E-state index in [2.05, 4.69) is 0 Å². The summed E-state index contributed by atoms with van der Waals surface area (Å²) in [6.45, 7) is 3.57. The Balaban J connectivity index is 1.73. The van der Waals surface area contributed by atoms with Crippen LogP contribution < -0.4 is 0 Å². The molecule has 0 spiro atoms. The zero-order chi connectivity index (χ0) is 36.0. The molecule has 0 N–H and O–H groups in total. The zero-order valence-electron chi connectivity index (χ0n) is 28.1. The number of nitrogens with zero attached hydrogens (tertiary/aromatic N) is 1. The fraction of sp³-hybridized carbons (Fsp3) is 0.351. The van der Waals surface area contributed by atoms with E-state index in [1.807, 2.05) is 78.9 Å². The number of rotatable bonds is 14. The van der Waals surface area contributed by atoms with Crippen LogP contribution in [0.5, 0.6) is 0 Å². The first-order valence-electron chi connectivity index (χ1n) is 15.8. The molecule has 264 valence electrons. The molecule has 13 heteroatoms. The molecule has 0 unspecified atom stereocenters. The number of hydrogen-bond donors (Lipinski definition) is 0. The van der Waals surface area contributed by atoms with Crippen LogP contribution in [0.25, 0.3) is 0 Å². The van der Waals surface area contributed by atoms with Gasteiger partial charge in [-0.15, -0.1) is 0 Å². The molecule has 0 aromatic heterocycles. The molecule has 1 aliphatic heterocycles. The summed E-state index contributed by atoms with van der Waals surface area (Å²) in [6.07, 6.45) is -7.06. The van der Waals surface area contributed by atoms with Crippen molar-refractivity contribution in [3.05, 3.63) is 108 Å². The third-order valence-electron chi connectivity index (χ3n) is 7.24. The highest BCUT2D eigenvalue weighted by Crippen LogP contribution is 2.30. The molecule has 0 saturated carbocycles. The molecule has 0 radical (unpaired) electrons. The van der Waals surface area contributed by atoms with Crippen molar-refractivity contribution in [3.63, 3.8) is 0 Å². The molecule has 13 nitrogen and oxygen atoms in total. The van der Waals surface area contributed by atoms with Gasteiger partial charge in [0.1, 0.15) is 19.3 Å². The van der Waals surface area contributed by atoms with Gasteiger partial charge in [0.05, 0.1) is 12.3 Å². The molecule has 0 aliphatic carbocycles. The van der Waals surface area contributed by atoms with Crippen molar-refractivity contribution in [2.24, 2.45) is 4.99 Å². The monoisotopic (exact) mass is 689 g/mol. The van der Waals surface area contributed by atoms with Gasteiger partial charge in [-0.3, -0.25) is 24.2 Å². The number of esters is 5. The first-order valence-corrected chi connectivity index (χ1v) is 15.8. The lowest BCUT2D eigenvalue weighted by atomic mass is 9.98. The van der Waals surface area contributed by atoms with E-state index < -0.39 is 79.8 Å². The molecule has 0 bridgehead atoms. The largest absolute Gasteiger partial charge is 0.463 e. The summed E-state index contributed by atoms with van der Waals surface area (Å²) in [7, 11) is 0. The van der Waals surface area contributed by atoms with Gasteiger partial charge in [-0.2, -0.15) is 0 Å². The maximum absolute atomic E-state index is 13.8. The van der Waals surface area contributed by atoms with Gasteiger partial charge in [0.25, 0.3) is 0 Å². The molecular weight excluding hydrogens is 650 g/mol. The molecule has 3 aromatic rings. The van der Waals surface area contributed by atoms with Gasteiger partial charge in [0.2, 0.25) is 0 Å². The van der Waals surface area contributed by atoms with Crippen LogP contribution in [0.15, 0.2) is 96.0 Å². The first-order chi connectivity index (χ1) is 24.0.